The normalized spacial score (nSPS) is 18.9. The van der Waals surface area contributed by atoms with Crippen LogP contribution in [0.25, 0.3) is 0 Å². The molecule has 2 amide bonds. The van der Waals surface area contributed by atoms with Crippen LogP contribution in [-0.4, -0.2) is 37.9 Å². The number of ether oxygens (including phenoxy) is 1. The zero-order valence-electron chi connectivity index (χ0n) is 20.1. The Morgan fingerprint density at radius 2 is 1.59 bits per heavy atom. The zero-order valence-corrected chi connectivity index (χ0v) is 21.1. The molecular formula is C26H35NO4Si. The van der Waals surface area contributed by atoms with Crippen LogP contribution in [0.4, 0.5) is 4.79 Å². The van der Waals surface area contributed by atoms with E-state index in [2.05, 4.69) is 33.9 Å². The highest BCUT2D eigenvalue weighted by Gasteiger charge is 2.47. The van der Waals surface area contributed by atoms with Crippen molar-refractivity contribution in [3.63, 3.8) is 0 Å². The fourth-order valence-corrected chi connectivity index (χ4v) is 5.50. The summed E-state index contributed by atoms with van der Waals surface area (Å²) < 4.78 is 12.1. The van der Waals surface area contributed by atoms with E-state index in [-0.39, 0.29) is 30.0 Å². The van der Waals surface area contributed by atoms with Gasteiger partial charge in [0.05, 0.1) is 18.1 Å². The predicted octanol–water partition coefficient (Wildman–Crippen LogP) is 5.90. The predicted molar refractivity (Wildman–Crippen MR) is 129 cm³/mol. The summed E-state index contributed by atoms with van der Waals surface area (Å²) in [6.45, 7) is 13.1. The fraction of sp³-hybridized carbons (Fsp3) is 0.462. The average molecular weight is 454 g/mol. The van der Waals surface area contributed by atoms with E-state index in [1.807, 2.05) is 67.6 Å². The molecule has 0 spiro atoms. The number of carbonyl (C=O) groups is 2. The lowest BCUT2D eigenvalue weighted by atomic mass is 9.91. The molecular weight excluding hydrogens is 418 g/mol. The van der Waals surface area contributed by atoms with Gasteiger partial charge in [-0.25, -0.2) is 9.69 Å². The van der Waals surface area contributed by atoms with Crippen LogP contribution in [0, 0.1) is 0 Å². The van der Waals surface area contributed by atoms with Gasteiger partial charge in [0.1, 0.15) is 6.61 Å². The Bertz CT molecular complexity index is 939. The van der Waals surface area contributed by atoms with Crippen LogP contribution in [0.3, 0.4) is 0 Å². The Kier molecular flexibility index (Phi) is 6.96. The first kappa shape index (κ1) is 24.2. The topological polar surface area (TPSA) is 55.8 Å². The number of imide groups is 1. The maximum Gasteiger partial charge on any atom is 0.416 e. The molecule has 6 heteroatoms. The molecule has 2 atom stereocenters. The summed E-state index contributed by atoms with van der Waals surface area (Å²) in [5.41, 5.74) is 1.16. The number of benzene rings is 2. The van der Waals surface area contributed by atoms with E-state index in [0.29, 0.717) is 6.42 Å². The molecule has 1 aliphatic rings. The molecule has 0 saturated carbocycles. The van der Waals surface area contributed by atoms with Crippen LogP contribution >= 0.6 is 0 Å². The van der Waals surface area contributed by atoms with Gasteiger partial charge in [-0.15, -0.1) is 0 Å². The number of carbonyl (C=O) groups excluding carboxylic acids is 2. The highest BCUT2D eigenvalue weighted by molar-refractivity contribution is 6.74. The molecule has 1 fully saturated rings. The summed E-state index contributed by atoms with van der Waals surface area (Å²) in [7, 11) is -2.21. The maximum atomic E-state index is 13.5. The van der Waals surface area contributed by atoms with Crippen LogP contribution in [0.2, 0.25) is 18.1 Å². The third-order valence-corrected chi connectivity index (χ3v) is 11.3. The molecule has 2 unspecified atom stereocenters. The van der Waals surface area contributed by atoms with Gasteiger partial charge in [0.2, 0.25) is 5.91 Å². The summed E-state index contributed by atoms with van der Waals surface area (Å²) in [5, 5.41) is -0.0193. The molecule has 32 heavy (non-hydrogen) atoms. The van der Waals surface area contributed by atoms with Crippen molar-refractivity contribution in [3.8, 4) is 0 Å². The van der Waals surface area contributed by atoms with Crippen LogP contribution < -0.4 is 0 Å². The van der Waals surface area contributed by atoms with E-state index in [9.17, 15) is 9.59 Å². The molecule has 3 rings (SSSR count). The molecule has 1 heterocycles. The SMILES string of the molecule is CC(CC(=O)N1C(=O)OCC1Cc1ccccc1)(O[Si](C)(C)C(C)(C)C)c1ccccc1. The number of amides is 2. The summed E-state index contributed by atoms with van der Waals surface area (Å²) in [5.74, 6) is -0.265. The smallest absolute Gasteiger partial charge is 0.416 e. The minimum atomic E-state index is -2.21. The van der Waals surface area contributed by atoms with Crippen LogP contribution in [0.1, 0.15) is 45.2 Å². The lowest BCUT2D eigenvalue weighted by Crippen LogP contribution is -2.50. The second-order valence-electron chi connectivity index (χ2n) is 10.3. The van der Waals surface area contributed by atoms with Crippen molar-refractivity contribution in [1.82, 2.24) is 4.90 Å². The highest BCUT2D eigenvalue weighted by Crippen LogP contribution is 2.43. The summed E-state index contributed by atoms with van der Waals surface area (Å²) in [6, 6.07) is 19.4. The van der Waals surface area contributed by atoms with Crippen molar-refractivity contribution in [1.29, 1.82) is 0 Å². The van der Waals surface area contributed by atoms with Gasteiger partial charge in [0.15, 0.2) is 8.32 Å². The molecule has 0 aromatic heterocycles. The van der Waals surface area contributed by atoms with Crippen LogP contribution in [0.5, 0.6) is 0 Å². The maximum absolute atomic E-state index is 13.5. The van der Waals surface area contributed by atoms with Crippen LogP contribution in [-0.2, 0) is 26.0 Å². The minimum Gasteiger partial charge on any atom is -0.447 e. The fourth-order valence-electron chi connectivity index (χ4n) is 3.88. The Labute approximate surface area is 192 Å². The van der Waals surface area contributed by atoms with E-state index in [1.54, 1.807) is 0 Å². The Hall–Kier alpha value is -2.44. The highest BCUT2D eigenvalue weighted by atomic mass is 28.4. The van der Waals surface area contributed by atoms with Crippen LogP contribution in [0.15, 0.2) is 60.7 Å². The molecule has 0 aliphatic carbocycles. The van der Waals surface area contributed by atoms with E-state index >= 15 is 0 Å². The number of hydrogen-bond donors (Lipinski definition) is 0. The largest absolute Gasteiger partial charge is 0.447 e. The standard InChI is InChI=1S/C26H35NO4Si/c1-25(2,3)32(5,6)31-26(4,21-15-11-8-12-16-21)18-23(28)27-22(19-30-24(27)29)17-20-13-9-7-10-14-20/h7-16,22H,17-19H2,1-6H3. The third-order valence-electron chi connectivity index (χ3n) is 6.70. The molecule has 1 aliphatic heterocycles. The number of cyclic esters (lactones) is 1. The van der Waals surface area contributed by atoms with Gasteiger partial charge in [0, 0.05) is 0 Å². The summed E-state index contributed by atoms with van der Waals surface area (Å²) in [6.07, 6.45) is 0.0755. The Morgan fingerprint density at radius 1 is 1.03 bits per heavy atom. The average Bonchev–Trinajstić information content (AvgIpc) is 3.08. The van der Waals surface area contributed by atoms with Gasteiger partial charge < -0.3 is 9.16 Å². The van der Waals surface area contributed by atoms with Gasteiger partial charge in [0.25, 0.3) is 0 Å². The van der Waals surface area contributed by atoms with Crippen molar-refractivity contribution in [2.24, 2.45) is 0 Å². The number of hydrogen-bond acceptors (Lipinski definition) is 4. The van der Waals surface area contributed by atoms with Crippen molar-refractivity contribution in [2.45, 2.75) is 70.3 Å². The van der Waals surface area contributed by atoms with Gasteiger partial charge in [-0.1, -0.05) is 81.4 Å². The van der Waals surface area contributed by atoms with Gasteiger partial charge in [-0.2, -0.15) is 0 Å². The first-order valence-corrected chi connectivity index (χ1v) is 14.1. The number of rotatable bonds is 7. The first-order valence-electron chi connectivity index (χ1n) is 11.2. The monoisotopic (exact) mass is 453 g/mol. The zero-order chi connectivity index (χ0) is 23.6. The minimum absolute atomic E-state index is 0.0193. The van der Waals surface area contributed by atoms with E-state index in [0.717, 1.165) is 11.1 Å². The quantitative estimate of drug-likeness (QED) is 0.490. The van der Waals surface area contributed by atoms with Crippen molar-refractivity contribution in [3.05, 3.63) is 71.8 Å². The second kappa shape index (κ2) is 9.20. The van der Waals surface area contributed by atoms with Gasteiger partial charge in [-0.05, 0) is 42.6 Å². The third kappa shape index (κ3) is 5.30. The lowest BCUT2D eigenvalue weighted by molar-refractivity contribution is -0.133. The Morgan fingerprint density at radius 3 is 2.16 bits per heavy atom. The van der Waals surface area contributed by atoms with Crippen molar-refractivity contribution in [2.75, 3.05) is 6.61 Å². The Balaban J connectivity index is 1.88. The first-order chi connectivity index (χ1) is 14.9. The van der Waals surface area contributed by atoms with E-state index in [1.165, 1.54) is 4.90 Å². The molecule has 0 N–H and O–H groups in total. The second-order valence-corrected chi connectivity index (χ2v) is 15.0. The molecule has 1 saturated heterocycles. The molecule has 2 aromatic carbocycles. The number of nitrogens with zero attached hydrogens (tertiary/aromatic N) is 1. The molecule has 0 bridgehead atoms. The molecule has 172 valence electrons. The molecule has 0 radical (unpaired) electrons. The summed E-state index contributed by atoms with van der Waals surface area (Å²) in [4.78, 5) is 27.4. The van der Waals surface area contributed by atoms with E-state index in [4.69, 9.17) is 9.16 Å². The lowest BCUT2D eigenvalue weighted by Gasteiger charge is -2.44. The van der Waals surface area contributed by atoms with Crippen molar-refractivity contribution < 1.29 is 18.8 Å². The summed E-state index contributed by atoms with van der Waals surface area (Å²) >= 11 is 0. The van der Waals surface area contributed by atoms with Crippen molar-refractivity contribution >= 4 is 20.3 Å². The molecule has 5 nitrogen and oxygen atoms in total. The van der Waals surface area contributed by atoms with Gasteiger partial charge >= 0.3 is 6.09 Å². The molecule has 2 aromatic rings. The van der Waals surface area contributed by atoms with E-state index < -0.39 is 20.0 Å². The van der Waals surface area contributed by atoms with Gasteiger partial charge in [-0.3, -0.25) is 4.79 Å².